The number of hydrogen-bond acceptors (Lipinski definition) is 1. The van der Waals surface area contributed by atoms with Crippen LogP contribution in [0.15, 0.2) is 0 Å². The van der Waals surface area contributed by atoms with Crippen LogP contribution in [0.4, 0.5) is 0 Å². The van der Waals surface area contributed by atoms with Gasteiger partial charge >= 0.3 is 0 Å². The first-order chi connectivity index (χ1) is 10.7. The van der Waals surface area contributed by atoms with Gasteiger partial charge in [0.05, 0.1) is 0 Å². The number of hydrogen-bond donors (Lipinski definition) is 0. The minimum absolute atomic E-state index is 0.327. The number of halogens is 1. The third kappa shape index (κ3) is 9.07. The van der Waals surface area contributed by atoms with Crippen molar-refractivity contribution in [3.8, 4) is 0 Å². The van der Waals surface area contributed by atoms with Crippen LogP contribution >= 0.6 is 15.9 Å². The zero-order valence-corrected chi connectivity index (χ0v) is 19.6. The smallest absolute Gasteiger partial charge is 0.192 e. The van der Waals surface area contributed by atoms with E-state index in [1.165, 1.54) is 57.8 Å². The maximum Gasteiger partial charge on any atom is 0.192 e. The fourth-order valence-electron chi connectivity index (χ4n) is 2.95. The van der Waals surface area contributed by atoms with Crippen LogP contribution in [0.3, 0.4) is 0 Å². The number of rotatable bonds is 14. The molecule has 0 N–H and O–H groups in total. The van der Waals surface area contributed by atoms with Crippen molar-refractivity contribution in [3.63, 3.8) is 0 Å². The number of alkyl halides is 1. The SMILES string of the molecule is CCCC[C@@H](CCCCCCCBr)O[Si](C)(C)C(C)(C)C(C)C. The monoisotopic (exact) mass is 406 g/mol. The predicted molar refractivity (Wildman–Crippen MR) is 112 cm³/mol. The molecule has 0 saturated heterocycles. The Labute approximate surface area is 156 Å². The van der Waals surface area contributed by atoms with Crippen molar-refractivity contribution in [2.75, 3.05) is 5.33 Å². The molecule has 0 saturated carbocycles. The maximum absolute atomic E-state index is 6.83. The summed E-state index contributed by atoms with van der Waals surface area (Å²) in [5.74, 6) is 0.681. The van der Waals surface area contributed by atoms with Crippen molar-refractivity contribution in [2.45, 2.75) is 117 Å². The molecular weight excluding hydrogens is 364 g/mol. The number of unbranched alkanes of at least 4 members (excludes halogenated alkanes) is 5. The fourth-order valence-corrected chi connectivity index (χ4v) is 6.11. The highest BCUT2D eigenvalue weighted by molar-refractivity contribution is 9.09. The molecule has 23 heavy (non-hydrogen) atoms. The Kier molecular flexibility index (Phi) is 12.4. The maximum atomic E-state index is 6.83. The van der Waals surface area contributed by atoms with Gasteiger partial charge in [0.25, 0.3) is 0 Å². The largest absolute Gasteiger partial charge is 0.414 e. The highest BCUT2D eigenvalue weighted by Crippen LogP contribution is 2.45. The summed E-state index contributed by atoms with van der Waals surface area (Å²) in [5.41, 5.74) is 0. The molecule has 0 fully saturated rings. The molecule has 1 atom stereocenters. The van der Waals surface area contributed by atoms with E-state index in [4.69, 9.17) is 4.43 Å². The van der Waals surface area contributed by atoms with Crippen LogP contribution in [-0.4, -0.2) is 19.8 Å². The minimum Gasteiger partial charge on any atom is -0.414 e. The first-order valence-corrected chi connectivity index (χ1v) is 14.0. The summed E-state index contributed by atoms with van der Waals surface area (Å²) in [6.45, 7) is 16.7. The van der Waals surface area contributed by atoms with Crippen LogP contribution < -0.4 is 0 Å². The lowest BCUT2D eigenvalue weighted by Crippen LogP contribution is -2.47. The Morgan fingerprint density at radius 3 is 1.96 bits per heavy atom. The van der Waals surface area contributed by atoms with Crippen LogP contribution in [0.25, 0.3) is 0 Å². The zero-order valence-electron chi connectivity index (χ0n) is 17.0. The van der Waals surface area contributed by atoms with Crippen LogP contribution in [-0.2, 0) is 4.43 Å². The van der Waals surface area contributed by atoms with E-state index < -0.39 is 8.32 Å². The van der Waals surface area contributed by atoms with Gasteiger partial charge in [0.15, 0.2) is 8.32 Å². The Balaban J connectivity index is 4.47. The Bertz CT molecular complexity index is 289. The van der Waals surface area contributed by atoms with E-state index in [0.29, 0.717) is 17.1 Å². The summed E-state index contributed by atoms with van der Waals surface area (Å²) < 4.78 is 6.83. The van der Waals surface area contributed by atoms with Crippen LogP contribution in [0.1, 0.15) is 92.4 Å². The molecule has 0 aliphatic rings. The molecule has 0 unspecified atom stereocenters. The third-order valence-electron chi connectivity index (χ3n) is 6.00. The summed E-state index contributed by atoms with van der Waals surface area (Å²) >= 11 is 3.52. The van der Waals surface area contributed by atoms with Gasteiger partial charge in [0.1, 0.15) is 0 Å². The van der Waals surface area contributed by atoms with Gasteiger partial charge in [-0.05, 0) is 43.3 Å². The Morgan fingerprint density at radius 1 is 0.913 bits per heavy atom. The van der Waals surface area contributed by atoms with E-state index in [1.807, 2.05) is 0 Å². The van der Waals surface area contributed by atoms with Crippen molar-refractivity contribution >= 4 is 24.2 Å². The predicted octanol–water partition coefficient (Wildman–Crippen LogP) is 7.94. The lowest BCUT2D eigenvalue weighted by Gasteiger charge is -2.44. The Hall–Kier alpha value is 0.657. The first-order valence-electron chi connectivity index (χ1n) is 9.92. The molecule has 0 spiro atoms. The summed E-state index contributed by atoms with van der Waals surface area (Å²) in [7, 11) is -1.69. The van der Waals surface area contributed by atoms with Gasteiger partial charge in [0.2, 0.25) is 0 Å². The van der Waals surface area contributed by atoms with E-state index in [0.717, 1.165) is 5.33 Å². The zero-order chi connectivity index (χ0) is 17.9. The highest BCUT2D eigenvalue weighted by atomic mass is 79.9. The van der Waals surface area contributed by atoms with E-state index in [2.05, 4.69) is 63.6 Å². The van der Waals surface area contributed by atoms with E-state index in [9.17, 15) is 0 Å². The summed E-state index contributed by atoms with van der Waals surface area (Å²) in [5, 5.41) is 1.48. The molecule has 0 bridgehead atoms. The molecule has 1 nitrogen and oxygen atoms in total. The highest BCUT2D eigenvalue weighted by Gasteiger charge is 2.44. The normalized spacial score (nSPS) is 14.5. The molecule has 0 aromatic carbocycles. The average Bonchev–Trinajstić information content (AvgIpc) is 2.47. The second-order valence-electron chi connectivity index (χ2n) is 8.51. The van der Waals surface area contributed by atoms with Gasteiger partial charge in [-0.3, -0.25) is 0 Å². The van der Waals surface area contributed by atoms with Crippen molar-refractivity contribution in [3.05, 3.63) is 0 Å². The van der Waals surface area contributed by atoms with Crippen molar-refractivity contribution < 1.29 is 4.43 Å². The van der Waals surface area contributed by atoms with E-state index >= 15 is 0 Å². The minimum atomic E-state index is -1.69. The summed E-state index contributed by atoms with van der Waals surface area (Å²) in [6.07, 6.45) is 12.4. The van der Waals surface area contributed by atoms with E-state index in [1.54, 1.807) is 0 Å². The van der Waals surface area contributed by atoms with Crippen molar-refractivity contribution in [2.24, 2.45) is 5.92 Å². The topological polar surface area (TPSA) is 9.23 Å². The fraction of sp³-hybridized carbons (Fsp3) is 1.00. The molecule has 0 aromatic heterocycles. The molecule has 0 radical (unpaired) electrons. The molecular formula is C20H43BrOSi. The molecule has 0 rings (SSSR count). The standard InChI is InChI=1S/C20H43BrOSi/c1-8-9-15-19(16-13-11-10-12-14-17-21)22-23(6,7)20(4,5)18(2)3/h18-19H,8-17H2,1-7H3/t19-/m0/s1. The van der Waals surface area contributed by atoms with Gasteiger partial charge < -0.3 is 4.43 Å². The lowest BCUT2D eigenvalue weighted by atomic mass is 9.99. The second-order valence-corrected chi connectivity index (χ2v) is 13.9. The van der Waals surface area contributed by atoms with Gasteiger partial charge in [-0.15, -0.1) is 0 Å². The molecule has 0 aromatic rings. The lowest BCUT2D eigenvalue weighted by molar-refractivity contribution is 0.148. The van der Waals surface area contributed by atoms with Gasteiger partial charge in [0, 0.05) is 11.4 Å². The molecule has 0 aliphatic heterocycles. The molecule has 140 valence electrons. The average molecular weight is 408 g/mol. The Morgan fingerprint density at radius 2 is 1.43 bits per heavy atom. The molecule has 0 amide bonds. The molecule has 0 heterocycles. The van der Waals surface area contributed by atoms with Crippen molar-refractivity contribution in [1.29, 1.82) is 0 Å². The quantitative estimate of drug-likeness (QED) is 0.161. The van der Waals surface area contributed by atoms with Crippen LogP contribution in [0.5, 0.6) is 0 Å². The van der Waals surface area contributed by atoms with Gasteiger partial charge in [-0.25, -0.2) is 0 Å². The molecule has 0 aliphatic carbocycles. The van der Waals surface area contributed by atoms with E-state index in [-0.39, 0.29) is 0 Å². The van der Waals surface area contributed by atoms with Gasteiger partial charge in [-0.1, -0.05) is 89.1 Å². The second kappa shape index (κ2) is 12.1. The first kappa shape index (κ1) is 23.7. The van der Waals surface area contributed by atoms with Crippen LogP contribution in [0.2, 0.25) is 18.1 Å². The summed E-state index contributed by atoms with van der Waals surface area (Å²) in [4.78, 5) is 0. The van der Waals surface area contributed by atoms with Crippen LogP contribution in [0, 0.1) is 5.92 Å². The van der Waals surface area contributed by atoms with Crippen molar-refractivity contribution in [1.82, 2.24) is 0 Å². The molecule has 3 heteroatoms. The third-order valence-corrected chi connectivity index (χ3v) is 11.2. The van der Waals surface area contributed by atoms with Gasteiger partial charge in [-0.2, -0.15) is 0 Å². The summed E-state index contributed by atoms with van der Waals surface area (Å²) in [6, 6.07) is 0.